The first kappa shape index (κ1) is 10.8. The van der Waals surface area contributed by atoms with E-state index in [9.17, 15) is 0 Å². The van der Waals surface area contributed by atoms with Gasteiger partial charge in [-0.15, -0.1) is 0 Å². The van der Waals surface area contributed by atoms with Gasteiger partial charge in [0.05, 0.1) is 13.2 Å². The van der Waals surface area contributed by atoms with Gasteiger partial charge in [-0.05, 0) is 23.6 Å². The summed E-state index contributed by atoms with van der Waals surface area (Å²) in [5, 5.41) is 0. The molecule has 0 aliphatic rings. The number of aromatic nitrogens is 1. The van der Waals surface area contributed by atoms with Crippen LogP contribution in [-0.2, 0) is 17.8 Å². The van der Waals surface area contributed by atoms with Gasteiger partial charge in [0.25, 0.3) is 0 Å². The smallest absolute Gasteiger partial charge is 0.0717 e. The van der Waals surface area contributed by atoms with E-state index in [4.69, 9.17) is 4.74 Å². The van der Waals surface area contributed by atoms with Crippen LogP contribution in [0.25, 0.3) is 0 Å². The Labute approximate surface area is 95.9 Å². The molecule has 0 N–H and O–H groups in total. The second-order valence-corrected chi connectivity index (χ2v) is 3.65. The van der Waals surface area contributed by atoms with Gasteiger partial charge in [0.2, 0.25) is 0 Å². The predicted octanol–water partition coefficient (Wildman–Crippen LogP) is 2.84. The van der Waals surface area contributed by atoms with Gasteiger partial charge in [-0.25, -0.2) is 0 Å². The lowest BCUT2D eigenvalue weighted by molar-refractivity contribution is 0.124. The van der Waals surface area contributed by atoms with Crippen LogP contribution in [-0.4, -0.2) is 11.6 Å². The zero-order valence-corrected chi connectivity index (χ0v) is 9.17. The number of hydrogen-bond acceptors (Lipinski definition) is 2. The van der Waals surface area contributed by atoms with Crippen molar-refractivity contribution in [1.29, 1.82) is 0 Å². The SMILES string of the molecule is c1ccc(COCCc2cccnc2)cc1. The summed E-state index contributed by atoms with van der Waals surface area (Å²) in [6.45, 7) is 1.42. The van der Waals surface area contributed by atoms with Crippen LogP contribution in [0.1, 0.15) is 11.1 Å². The summed E-state index contributed by atoms with van der Waals surface area (Å²) >= 11 is 0. The molecule has 0 bridgehead atoms. The number of benzene rings is 1. The first-order valence-electron chi connectivity index (χ1n) is 5.46. The van der Waals surface area contributed by atoms with Crippen LogP contribution in [0.3, 0.4) is 0 Å². The third-order valence-corrected chi connectivity index (χ3v) is 2.37. The standard InChI is InChI=1S/C14H15NO/c1-2-5-14(6-3-1)12-16-10-8-13-7-4-9-15-11-13/h1-7,9,11H,8,10,12H2. The highest BCUT2D eigenvalue weighted by atomic mass is 16.5. The number of nitrogens with zero attached hydrogens (tertiary/aromatic N) is 1. The Bertz CT molecular complexity index is 358. The van der Waals surface area contributed by atoms with Crippen molar-refractivity contribution in [2.24, 2.45) is 0 Å². The minimum atomic E-state index is 0.682. The van der Waals surface area contributed by atoms with Crippen LogP contribution in [0.4, 0.5) is 0 Å². The van der Waals surface area contributed by atoms with Gasteiger partial charge in [-0.2, -0.15) is 0 Å². The van der Waals surface area contributed by atoms with E-state index in [1.165, 1.54) is 11.1 Å². The highest BCUT2D eigenvalue weighted by Crippen LogP contribution is 2.02. The Balaban J connectivity index is 1.70. The van der Waals surface area contributed by atoms with Crippen molar-refractivity contribution in [3.8, 4) is 0 Å². The van der Waals surface area contributed by atoms with Crippen LogP contribution in [0, 0.1) is 0 Å². The van der Waals surface area contributed by atoms with Gasteiger partial charge < -0.3 is 4.74 Å². The zero-order chi connectivity index (χ0) is 11.1. The van der Waals surface area contributed by atoms with Crippen LogP contribution in [0.2, 0.25) is 0 Å². The van der Waals surface area contributed by atoms with Crippen LogP contribution in [0.15, 0.2) is 54.9 Å². The molecule has 16 heavy (non-hydrogen) atoms. The lowest BCUT2D eigenvalue weighted by Crippen LogP contribution is -1.99. The van der Waals surface area contributed by atoms with E-state index in [0.717, 1.165) is 13.0 Å². The Morgan fingerprint density at radius 2 is 1.75 bits per heavy atom. The Hall–Kier alpha value is -1.67. The fourth-order valence-electron chi connectivity index (χ4n) is 1.50. The fourth-order valence-corrected chi connectivity index (χ4v) is 1.50. The molecule has 0 aliphatic carbocycles. The summed E-state index contributed by atoms with van der Waals surface area (Å²) in [6.07, 6.45) is 4.58. The van der Waals surface area contributed by atoms with Gasteiger partial charge in [-0.1, -0.05) is 36.4 Å². The minimum Gasteiger partial charge on any atom is -0.376 e. The molecule has 1 heterocycles. The summed E-state index contributed by atoms with van der Waals surface area (Å²) in [5.41, 5.74) is 2.43. The van der Waals surface area contributed by atoms with Crippen molar-refractivity contribution in [2.45, 2.75) is 13.0 Å². The van der Waals surface area contributed by atoms with Crippen molar-refractivity contribution in [1.82, 2.24) is 4.98 Å². The summed E-state index contributed by atoms with van der Waals surface area (Å²) in [4.78, 5) is 4.07. The zero-order valence-electron chi connectivity index (χ0n) is 9.17. The molecule has 0 atom stereocenters. The second-order valence-electron chi connectivity index (χ2n) is 3.65. The maximum absolute atomic E-state index is 5.60. The third-order valence-electron chi connectivity index (χ3n) is 2.37. The molecule has 0 amide bonds. The largest absolute Gasteiger partial charge is 0.376 e. The number of pyridine rings is 1. The first-order valence-corrected chi connectivity index (χ1v) is 5.46. The lowest BCUT2D eigenvalue weighted by Gasteiger charge is -2.04. The second kappa shape index (κ2) is 6.03. The van der Waals surface area contributed by atoms with Crippen LogP contribution >= 0.6 is 0 Å². The molecule has 0 aliphatic heterocycles. The minimum absolute atomic E-state index is 0.682. The van der Waals surface area contributed by atoms with Crippen molar-refractivity contribution < 1.29 is 4.74 Å². The average Bonchev–Trinajstić information content (AvgIpc) is 2.37. The molecule has 0 spiro atoms. The van der Waals surface area contributed by atoms with E-state index in [-0.39, 0.29) is 0 Å². The van der Waals surface area contributed by atoms with Gasteiger partial charge in [0.15, 0.2) is 0 Å². The molecule has 1 aromatic heterocycles. The van der Waals surface area contributed by atoms with Crippen molar-refractivity contribution in [3.63, 3.8) is 0 Å². The van der Waals surface area contributed by atoms with Crippen molar-refractivity contribution >= 4 is 0 Å². The molecule has 1 aromatic carbocycles. The van der Waals surface area contributed by atoms with E-state index >= 15 is 0 Å². The van der Waals surface area contributed by atoms with E-state index in [1.807, 2.05) is 30.5 Å². The molecule has 0 saturated carbocycles. The number of hydrogen-bond donors (Lipinski definition) is 0. The Morgan fingerprint density at radius 3 is 2.50 bits per heavy atom. The topological polar surface area (TPSA) is 22.1 Å². The van der Waals surface area contributed by atoms with Crippen LogP contribution in [0.5, 0.6) is 0 Å². The molecule has 82 valence electrons. The Kier molecular flexibility index (Phi) is 4.08. The van der Waals surface area contributed by atoms with Gasteiger partial charge in [0.1, 0.15) is 0 Å². The number of rotatable bonds is 5. The lowest BCUT2D eigenvalue weighted by atomic mass is 10.2. The maximum atomic E-state index is 5.60. The van der Waals surface area contributed by atoms with Crippen LogP contribution < -0.4 is 0 Å². The molecular formula is C14H15NO. The monoisotopic (exact) mass is 213 g/mol. The highest BCUT2D eigenvalue weighted by molar-refractivity contribution is 5.13. The summed E-state index contributed by atoms with van der Waals surface area (Å²) in [5.74, 6) is 0. The molecular weight excluding hydrogens is 198 g/mol. The molecule has 0 radical (unpaired) electrons. The maximum Gasteiger partial charge on any atom is 0.0717 e. The normalized spacial score (nSPS) is 10.2. The highest BCUT2D eigenvalue weighted by Gasteiger charge is 1.94. The number of ether oxygens (including phenoxy) is 1. The summed E-state index contributed by atoms with van der Waals surface area (Å²) in [7, 11) is 0. The van der Waals surface area contributed by atoms with E-state index in [1.54, 1.807) is 6.20 Å². The van der Waals surface area contributed by atoms with Crippen molar-refractivity contribution in [2.75, 3.05) is 6.61 Å². The van der Waals surface area contributed by atoms with Gasteiger partial charge in [0, 0.05) is 12.4 Å². The molecule has 2 nitrogen and oxygen atoms in total. The van der Waals surface area contributed by atoms with Crippen molar-refractivity contribution in [3.05, 3.63) is 66.0 Å². The van der Waals surface area contributed by atoms with Gasteiger partial charge in [-0.3, -0.25) is 4.98 Å². The van der Waals surface area contributed by atoms with E-state index in [0.29, 0.717) is 6.61 Å². The molecule has 0 unspecified atom stereocenters. The van der Waals surface area contributed by atoms with E-state index in [2.05, 4.69) is 23.2 Å². The van der Waals surface area contributed by atoms with Gasteiger partial charge >= 0.3 is 0 Å². The average molecular weight is 213 g/mol. The summed E-state index contributed by atoms with van der Waals surface area (Å²) < 4.78 is 5.60. The predicted molar refractivity (Wildman–Crippen MR) is 64.0 cm³/mol. The summed E-state index contributed by atoms with van der Waals surface area (Å²) in [6, 6.07) is 14.2. The molecule has 0 saturated heterocycles. The molecule has 2 aromatic rings. The first-order chi connectivity index (χ1) is 7.95. The molecule has 2 heteroatoms. The fraction of sp³-hybridized carbons (Fsp3) is 0.214. The third kappa shape index (κ3) is 3.48. The molecule has 2 rings (SSSR count). The Morgan fingerprint density at radius 1 is 0.938 bits per heavy atom. The quantitative estimate of drug-likeness (QED) is 0.712. The van der Waals surface area contributed by atoms with E-state index < -0.39 is 0 Å². The molecule has 0 fully saturated rings.